The second-order valence-electron chi connectivity index (χ2n) is 3.72. The Hall–Kier alpha value is -1.73. The number of carbonyl (C=O) groups is 1. The Morgan fingerprint density at radius 1 is 1.37 bits per heavy atom. The highest BCUT2D eigenvalue weighted by molar-refractivity contribution is 5.74. The minimum atomic E-state index is -4.35. The van der Waals surface area contributed by atoms with Crippen LogP contribution >= 0.6 is 0 Å². The molecule has 0 amide bonds. The number of methoxy groups -OCH3 is 1. The molecule has 0 aromatic heterocycles. The molecular weight excluding hydrogens is 262 g/mol. The number of hydrogen-bond donors (Lipinski definition) is 1. The van der Waals surface area contributed by atoms with Crippen LogP contribution in [0.5, 0.6) is 5.75 Å². The van der Waals surface area contributed by atoms with Crippen molar-refractivity contribution in [3.05, 3.63) is 29.8 Å². The van der Waals surface area contributed by atoms with Crippen molar-refractivity contribution in [1.82, 2.24) is 0 Å². The Morgan fingerprint density at radius 3 is 2.42 bits per heavy atom. The molecule has 1 unspecified atom stereocenters. The van der Waals surface area contributed by atoms with E-state index in [2.05, 4.69) is 0 Å². The van der Waals surface area contributed by atoms with Gasteiger partial charge in [0.2, 0.25) is 0 Å². The van der Waals surface area contributed by atoms with E-state index in [9.17, 15) is 23.8 Å². The van der Waals surface area contributed by atoms with E-state index in [1.54, 1.807) is 0 Å². The van der Waals surface area contributed by atoms with Crippen LogP contribution in [-0.2, 0) is 9.53 Å². The fraction of sp³-hybridized carbons (Fsp3) is 0.417. The molecule has 0 aliphatic heterocycles. The Labute approximate surface area is 108 Å². The van der Waals surface area contributed by atoms with Gasteiger partial charge in [0.05, 0.1) is 6.61 Å². The summed E-state index contributed by atoms with van der Waals surface area (Å²) in [5, 5.41) is 19.5. The molecule has 0 fully saturated rings. The number of alkyl halides is 2. The smallest absolute Gasteiger partial charge is 0.316 e. The summed E-state index contributed by atoms with van der Waals surface area (Å²) in [6.07, 6.45) is -2.47. The van der Waals surface area contributed by atoms with Crippen LogP contribution < -0.4 is 9.84 Å². The number of carbonyl (C=O) groups excluding carboxylic acids is 1. The summed E-state index contributed by atoms with van der Waals surface area (Å²) >= 11 is 0. The summed E-state index contributed by atoms with van der Waals surface area (Å²) in [4.78, 5) is 10.2. The Balaban J connectivity index is 2.73. The number of aliphatic hydroxyl groups excluding tert-OH is 1. The lowest BCUT2D eigenvalue weighted by atomic mass is 10.0. The van der Waals surface area contributed by atoms with Gasteiger partial charge in [0.25, 0.3) is 0 Å². The van der Waals surface area contributed by atoms with Crippen LogP contribution in [0.2, 0.25) is 0 Å². The molecule has 0 heterocycles. The van der Waals surface area contributed by atoms with E-state index < -0.39 is 18.0 Å². The summed E-state index contributed by atoms with van der Waals surface area (Å²) in [5.41, 5.74) is -0.242. The van der Waals surface area contributed by atoms with Crippen molar-refractivity contribution >= 4 is 5.97 Å². The SMILES string of the molecule is COCCOc1ccc(C(O)C(F)(F)C(=O)[O-])cc1. The summed E-state index contributed by atoms with van der Waals surface area (Å²) in [7, 11) is 1.50. The maximum Gasteiger partial charge on any atom is 0.316 e. The predicted octanol–water partition coefficient (Wildman–Crippen LogP) is 0.130. The van der Waals surface area contributed by atoms with Gasteiger partial charge in [-0.2, -0.15) is 8.78 Å². The molecule has 1 atom stereocenters. The molecule has 106 valence electrons. The molecule has 19 heavy (non-hydrogen) atoms. The summed E-state index contributed by atoms with van der Waals surface area (Å²) in [5.74, 6) is -6.58. The van der Waals surface area contributed by atoms with E-state index in [1.165, 1.54) is 19.2 Å². The molecule has 1 aromatic carbocycles. The van der Waals surface area contributed by atoms with E-state index in [-0.39, 0.29) is 12.2 Å². The molecule has 0 spiro atoms. The highest BCUT2D eigenvalue weighted by Crippen LogP contribution is 2.31. The molecule has 1 N–H and O–H groups in total. The zero-order valence-electron chi connectivity index (χ0n) is 10.1. The lowest BCUT2D eigenvalue weighted by molar-refractivity contribution is -0.336. The normalized spacial score (nSPS) is 13.1. The zero-order chi connectivity index (χ0) is 14.5. The number of aliphatic hydroxyl groups is 1. The molecule has 0 bridgehead atoms. The van der Waals surface area contributed by atoms with Crippen LogP contribution in [0.15, 0.2) is 24.3 Å². The predicted molar refractivity (Wildman–Crippen MR) is 58.7 cm³/mol. The third kappa shape index (κ3) is 3.87. The van der Waals surface area contributed by atoms with Crippen LogP contribution in [0.4, 0.5) is 8.78 Å². The number of rotatable bonds is 7. The number of ether oxygens (including phenoxy) is 2. The molecular formula is C12H13F2O5-. The monoisotopic (exact) mass is 275 g/mol. The fourth-order valence-corrected chi connectivity index (χ4v) is 1.31. The zero-order valence-corrected chi connectivity index (χ0v) is 10.1. The van der Waals surface area contributed by atoms with Crippen LogP contribution in [0.25, 0.3) is 0 Å². The van der Waals surface area contributed by atoms with Gasteiger partial charge in [0.1, 0.15) is 24.4 Å². The highest BCUT2D eigenvalue weighted by atomic mass is 19.3. The van der Waals surface area contributed by atoms with E-state index in [0.29, 0.717) is 12.4 Å². The van der Waals surface area contributed by atoms with Crippen molar-refractivity contribution < 1.29 is 33.3 Å². The summed E-state index contributed by atoms with van der Waals surface area (Å²) in [6, 6.07) is 5.01. The lowest BCUT2D eigenvalue weighted by Gasteiger charge is -2.23. The quantitative estimate of drug-likeness (QED) is 0.716. The Kier molecular flexibility index (Phi) is 5.20. The van der Waals surface area contributed by atoms with Crippen molar-refractivity contribution in [3.8, 4) is 5.75 Å². The second kappa shape index (κ2) is 6.44. The fourth-order valence-electron chi connectivity index (χ4n) is 1.31. The molecule has 0 saturated carbocycles. The molecule has 0 aliphatic carbocycles. The van der Waals surface area contributed by atoms with Gasteiger partial charge in [-0.1, -0.05) is 12.1 Å². The minimum Gasteiger partial charge on any atom is -0.544 e. The van der Waals surface area contributed by atoms with Crippen molar-refractivity contribution in [1.29, 1.82) is 0 Å². The number of carboxylic acids is 1. The maximum absolute atomic E-state index is 13.0. The largest absolute Gasteiger partial charge is 0.544 e. The van der Waals surface area contributed by atoms with Gasteiger partial charge < -0.3 is 24.5 Å². The first kappa shape index (κ1) is 15.3. The van der Waals surface area contributed by atoms with Gasteiger partial charge in [-0.25, -0.2) is 0 Å². The van der Waals surface area contributed by atoms with Gasteiger partial charge in [0, 0.05) is 7.11 Å². The first-order valence-corrected chi connectivity index (χ1v) is 5.38. The number of hydrogen-bond acceptors (Lipinski definition) is 5. The average molecular weight is 275 g/mol. The average Bonchev–Trinajstić information content (AvgIpc) is 2.39. The minimum absolute atomic E-state index is 0.242. The van der Waals surface area contributed by atoms with Crippen molar-refractivity contribution in [2.45, 2.75) is 12.0 Å². The van der Waals surface area contributed by atoms with E-state index in [1.807, 2.05) is 0 Å². The molecule has 0 saturated heterocycles. The standard InChI is InChI=1S/C12H14F2O5/c1-18-6-7-19-9-4-2-8(3-5-9)10(15)12(13,14)11(16)17/h2-5,10,15H,6-7H2,1H3,(H,16,17)/p-1. The summed E-state index contributed by atoms with van der Waals surface area (Å²) < 4.78 is 36.0. The van der Waals surface area contributed by atoms with E-state index in [0.717, 1.165) is 12.1 Å². The lowest BCUT2D eigenvalue weighted by Crippen LogP contribution is -2.45. The molecule has 0 aliphatic rings. The second-order valence-corrected chi connectivity index (χ2v) is 3.72. The third-order valence-electron chi connectivity index (χ3n) is 2.37. The van der Waals surface area contributed by atoms with Gasteiger partial charge in [-0.05, 0) is 17.7 Å². The first-order chi connectivity index (χ1) is 8.89. The summed E-state index contributed by atoms with van der Waals surface area (Å²) in [6.45, 7) is 0.654. The molecule has 1 aromatic rings. The van der Waals surface area contributed by atoms with Crippen molar-refractivity contribution in [2.24, 2.45) is 0 Å². The highest BCUT2D eigenvalue weighted by Gasteiger charge is 2.41. The first-order valence-electron chi connectivity index (χ1n) is 5.38. The van der Waals surface area contributed by atoms with Crippen LogP contribution in [0, 0.1) is 0 Å². The molecule has 0 radical (unpaired) electrons. The Morgan fingerprint density at radius 2 is 1.95 bits per heavy atom. The molecule has 5 nitrogen and oxygen atoms in total. The number of carboxylic acid groups (broad SMARTS) is 1. The van der Waals surface area contributed by atoms with Crippen LogP contribution in [0.1, 0.15) is 11.7 Å². The van der Waals surface area contributed by atoms with E-state index >= 15 is 0 Å². The van der Waals surface area contributed by atoms with Crippen LogP contribution in [0.3, 0.4) is 0 Å². The molecule has 1 rings (SSSR count). The van der Waals surface area contributed by atoms with Gasteiger partial charge in [-0.15, -0.1) is 0 Å². The van der Waals surface area contributed by atoms with Crippen molar-refractivity contribution in [3.63, 3.8) is 0 Å². The number of benzene rings is 1. The number of halogens is 2. The van der Waals surface area contributed by atoms with Gasteiger partial charge >= 0.3 is 5.92 Å². The Bertz CT molecular complexity index is 419. The molecule has 7 heteroatoms. The van der Waals surface area contributed by atoms with Gasteiger partial charge in [0.15, 0.2) is 0 Å². The third-order valence-corrected chi connectivity index (χ3v) is 2.37. The van der Waals surface area contributed by atoms with E-state index in [4.69, 9.17) is 9.47 Å². The van der Waals surface area contributed by atoms with Gasteiger partial charge in [-0.3, -0.25) is 0 Å². The number of aliphatic carboxylic acids is 1. The van der Waals surface area contributed by atoms with Crippen molar-refractivity contribution in [2.75, 3.05) is 20.3 Å². The topological polar surface area (TPSA) is 78.8 Å². The maximum atomic E-state index is 13.0. The van der Waals surface area contributed by atoms with Crippen LogP contribution in [-0.4, -0.2) is 37.3 Å².